The second kappa shape index (κ2) is 10.6. The van der Waals surface area contributed by atoms with Crippen LogP contribution < -0.4 is 10.2 Å². The number of hydrogen-bond acceptors (Lipinski definition) is 4. The van der Waals surface area contributed by atoms with Crippen LogP contribution in [0.3, 0.4) is 0 Å². The number of halogens is 1. The number of nitrogens with one attached hydrogen (secondary N) is 1. The quantitative estimate of drug-likeness (QED) is 0.619. The van der Waals surface area contributed by atoms with Crippen LogP contribution in [0, 0.1) is 0 Å². The first-order valence-electron chi connectivity index (χ1n) is 9.53. The Balaban J connectivity index is 1.97. The highest BCUT2D eigenvalue weighted by Gasteiger charge is 2.21. The minimum atomic E-state index is -3.57. The zero-order valence-corrected chi connectivity index (χ0v) is 18.6. The smallest absolute Gasteiger partial charge is 0.235 e. The van der Waals surface area contributed by atoms with Crippen molar-refractivity contribution >= 4 is 33.2 Å². The van der Waals surface area contributed by atoms with Crippen molar-refractivity contribution in [3.8, 4) is 0 Å². The fourth-order valence-corrected chi connectivity index (χ4v) is 3.86. The number of amides is 1. The van der Waals surface area contributed by atoms with Crippen LogP contribution in [0.4, 0.5) is 5.69 Å². The summed E-state index contributed by atoms with van der Waals surface area (Å²) in [6, 6.07) is 15.0. The molecule has 0 atom stereocenters. The normalized spacial score (nSPS) is 11.5. The van der Waals surface area contributed by atoms with Gasteiger partial charge in [-0.05, 0) is 43.2 Å². The van der Waals surface area contributed by atoms with Crippen LogP contribution in [0.5, 0.6) is 0 Å². The summed E-state index contributed by atoms with van der Waals surface area (Å²) in [4.78, 5) is 14.6. The van der Waals surface area contributed by atoms with E-state index in [0.717, 1.165) is 34.9 Å². The van der Waals surface area contributed by atoms with E-state index >= 15 is 0 Å². The summed E-state index contributed by atoms with van der Waals surface area (Å²) in [6.45, 7) is 6.19. The summed E-state index contributed by atoms with van der Waals surface area (Å²) < 4.78 is 25.3. The molecule has 2 aromatic carbocycles. The van der Waals surface area contributed by atoms with E-state index in [0.29, 0.717) is 17.1 Å². The molecule has 8 heteroatoms. The number of carbonyl (C=O) groups is 1. The molecule has 0 saturated carbocycles. The average molecular weight is 438 g/mol. The van der Waals surface area contributed by atoms with Gasteiger partial charge in [-0.3, -0.25) is 4.79 Å². The lowest BCUT2D eigenvalue weighted by atomic mass is 10.2. The van der Waals surface area contributed by atoms with Gasteiger partial charge in [-0.1, -0.05) is 41.9 Å². The van der Waals surface area contributed by atoms with Crippen molar-refractivity contribution in [2.75, 3.05) is 30.8 Å². The maximum Gasteiger partial charge on any atom is 0.235 e. The topological polar surface area (TPSA) is 69.7 Å². The van der Waals surface area contributed by atoms with E-state index in [9.17, 15) is 13.2 Å². The Labute approximate surface area is 178 Å². The molecule has 2 aromatic rings. The number of carbonyl (C=O) groups excluding carboxylic acids is 1. The van der Waals surface area contributed by atoms with Gasteiger partial charge >= 0.3 is 0 Å². The van der Waals surface area contributed by atoms with Crippen molar-refractivity contribution in [1.82, 2.24) is 9.62 Å². The van der Waals surface area contributed by atoms with Crippen LogP contribution >= 0.6 is 11.6 Å². The lowest BCUT2D eigenvalue weighted by Crippen LogP contribution is -2.39. The van der Waals surface area contributed by atoms with Gasteiger partial charge in [0.25, 0.3) is 0 Å². The maximum absolute atomic E-state index is 12.4. The monoisotopic (exact) mass is 437 g/mol. The van der Waals surface area contributed by atoms with E-state index in [4.69, 9.17) is 11.6 Å². The van der Waals surface area contributed by atoms with Crippen molar-refractivity contribution < 1.29 is 13.2 Å². The Morgan fingerprint density at radius 1 is 1.03 bits per heavy atom. The Hall–Kier alpha value is -2.09. The minimum Gasteiger partial charge on any atom is -0.372 e. The van der Waals surface area contributed by atoms with Crippen LogP contribution in [-0.2, 0) is 27.9 Å². The van der Waals surface area contributed by atoms with Crippen molar-refractivity contribution in [3.63, 3.8) is 0 Å². The average Bonchev–Trinajstić information content (AvgIpc) is 2.68. The van der Waals surface area contributed by atoms with E-state index < -0.39 is 10.0 Å². The van der Waals surface area contributed by atoms with E-state index in [-0.39, 0.29) is 19.0 Å². The number of anilines is 1. The molecule has 0 bridgehead atoms. The molecule has 0 radical (unpaired) electrons. The Morgan fingerprint density at radius 2 is 1.66 bits per heavy atom. The van der Waals surface area contributed by atoms with Gasteiger partial charge in [-0.2, -0.15) is 4.31 Å². The molecule has 0 aliphatic rings. The second-order valence-electron chi connectivity index (χ2n) is 6.74. The van der Waals surface area contributed by atoms with Gasteiger partial charge in [0.15, 0.2) is 0 Å². The van der Waals surface area contributed by atoms with Gasteiger partial charge in [-0.25, -0.2) is 8.42 Å². The van der Waals surface area contributed by atoms with Gasteiger partial charge in [0, 0.05) is 36.9 Å². The predicted octanol–water partition coefficient (Wildman–Crippen LogP) is 3.26. The van der Waals surface area contributed by atoms with Crippen LogP contribution in [0.25, 0.3) is 0 Å². The molecule has 0 aromatic heterocycles. The Kier molecular flexibility index (Phi) is 8.49. The highest BCUT2D eigenvalue weighted by molar-refractivity contribution is 7.88. The molecule has 6 nitrogen and oxygen atoms in total. The number of rotatable bonds is 10. The van der Waals surface area contributed by atoms with E-state index in [1.165, 1.54) is 0 Å². The number of benzene rings is 2. The first kappa shape index (κ1) is 23.2. The SMILES string of the molecule is CCN(CC)c1ccc(CNC(=O)CN(Cc2ccccc2Cl)S(C)(=O)=O)cc1. The molecule has 29 heavy (non-hydrogen) atoms. The first-order chi connectivity index (χ1) is 13.7. The summed E-state index contributed by atoms with van der Waals surface area (Å²) in [5.41, 5.74) is 2.73. The summed E-state index contributed by atoms with van der Waals surface area (Å²) in [5.74, 6) is -0.365. The van der Waals surface area contributed by atoms with Crippen LogP contribution in [-0.4, -0.2) is 44.5 Å². The minimum absolute atomic E-state index is 0.0461. The summed E-state index contributed by atoms with van der Waals surface area (Å²) in [6.07, 6.45) is 1.09. The standard InChI is InChI=1S/C21H28ClN3O3S/c1-4-24(5-2)19-12-10-17(11-13-19)14-23-21(26)16-25(29(3,27)28)15-18-8-6-7-9-20(18)22/h6-13H,4-5,14-16H2,1-3H3,(H,23,26). The summed E-state index contributed by atoms with van der Waals surface area (Å²) in [5, 5.41) is 3.25. The van der Waals surface area contributed by atoms with Crippen LogP contribution in [0.15, 0.2) is 48.5 Å². The molecular formula is C21H28ClN3O3S. The number of hydrogen-bond donors (Lipinski definition) is 1. The fourth-order valence-electron chi connectivity index (χ4n) is 2.94. The molecule has 0 spiro atoms. The van der Waals surface area contributed by atoms with Gasteiger partial charge in [0.1, 0.15) is 0 Å². The third-order valence-electron chi connectivity index (χ3n) is 4.65. The molecule has 0 unspecified atom stereocenters. The van der Waals surface area contributed by atoms with Gasteiger partial charge < -0.3 is 10.2 Å². The van der Waals surface area contributed by atoms with Crippen molar-refractivity contribution in [3.05, 3.63) is 64.7 Å². The molecule has 0 saturated heterocycles. The summed E-state index contributed by atoms with van der Waals surface area (Å²) >= 11 is 6.13. The van der Waals surface area contributed by atoms with E-state index in [1.54, 1.807) is 24.3 Å². The molecular weight excluding hydrogens is 410 g/mol. The van der Waals surface area contributed by atoms with Gasteiger partial charge in [0.05, 0.1) is 12.8 Å². The number of sulfonamides is 1. The third-order valence-corrected chi connectivity index (χ3v) is 6.21. The van der Waals surface area contributed by atoms with Crippen LogP contribution in [0.1, 0.15) is 25.0 Å². The maximum atomic E-state index is 12.4. The molecule has 2 rings (SSSR count). The molecule has 1 N–H and O–H groups in total. The lowest BCUT2D eigenvalue weighted by Gasteiger charge is -2.21. The zero-order chi connectivity index (χ0) is 21.4. The molecule has 1 amide bonds. The van der Waals surface area contributed by atoms with Crippen molar-refractivity contribution in [1.29, 1.82) is 0 Å². The van der Waals surface area contributed by atoms with E-state index in [2.05, 4.69) is 24.1 Å². The molecule has 158 valence electrons. The van der Waals surface area contributed by atoms with Crippen molar-refractivity contribution in [2.45, 2.75) is 26.9 Å². The highest BCUT2D eigenvalue weighted by atomic mass is 35.5. The lowest BCUT2D eigenvalue weighted by molar-refractivity contribution is -0.121. The first-order valence-corrected chi connectivity index (χ1v) is 11.8. The second-order valence-corrected chi connectivity index (χ2v) is 9.13. The third kappa shape index (κ3) is 7.03. The Morgan fingerprint density at radius 3 is 2.21 bits per heavy atom. The molecule has 0 heterocycles. The Bertz CT molecular complexity index is 913. The van der Waals surface area contributed by atoms with Crippen LogP contribution in [0.2, 0.25) is 5.02 Å². The van der Waals surface area contributed by atoms with Crippen molar-refractivity contribution in [2.24, 2.45) is 0 Å². The van der Waals surface area contributed by atoms with E-state index in [1.807, 2.05) is 24.3 Å². The molecule has 0 aliphatic heterocycles. The molecule has 0 aliphatic carbocycles. The van der Waals surface area contributed by atoms with Gasteiger partial charge in [-0.15, -0.1) is 0 Å². The fraction of sp³-hybridized carbons (Fsp3) is 0.381. The summed E-state index contributed by atoms with van der Waals surface area (Å²) in [7, 11) is -3.57. The predicted molar refractivity (Wildman–Crippen MR) is 119 cm³/mol. The zero-order valence-electron chi connectivity index (χ0n) is 17.1. The largest absolute Gasteiger partial charge is 0.372 e. The number of nitrogens with zero attached hydrogens (tertiary/aromatic N) is 2. The van der Waals surface area contributed by atoms with Gasteiger partial charge in [0.2, 0.25) is 15.9 Å². The highest BCUT2D eigenvalue weighted by Crippen LogP contribution is 2.18. The molecule has 0 fully saturated rings.